The molecular formula is C17H23NO2. The first kappa shape index (κ1) is 14.6. The van der Waals surface area contributed by atoms with Gasteiger partial charge in [0.2, 0.25) is 0 Å². The molecule has 0 aliphatic heterocycles. The van der Waals surface area contributed by atoms with Crippen LogP contribution in [0.5, 0.6) is 0 Å². The lowest BCUT2D eigenvalue weighted by Crippen LogP contribution is -2.01. The zero-order valence-electron chi connectivity index (χ0n) is 12.4. The van der Waals surface area contributed by atoms with Crippen LogP contribution in [0.15, 0.2) is 24.3 Å². The molecule has 0 saturated heterocycles. The fraction of sp³-hybridized carbons (Fsp3) is 0.471. The smallest absolute Gasteiger partial charge is 0.303 e. The van der Waals surface area contributed by atoms with E-state index >= 15 is 0 Å². The van der Waals surface area contributed by atoms with Crippen LogP contribution in [-0.2, 0) is 17.8 Å². The molecule has 0 radical (unpaired) electrons. The van der Waals surface area contributed by atoms with E-state index in [4.69, 9.17) is 5.11 Å². The van der Waals surface area contributed by atoms with E-state index in [0.29, 0.717) is 0 Å². The van der Waals surface area contributed by atoms with Crippen molar-refractivity contribution in [1.29, 1.82) is 0 Å². The predicted octanol–water partition coefficient (Wildman–Crippen LogP) is 4.16. The number of hydrogen-bond acceptors (Lipinski definition) is 1. The first-order valence-electron chi connectivity index (χ1n) is 7.42. The summed E-state index contributed by atoms with van der Waals surface area (Å²) in [5, 5.41) is 9.94. The maximum Gasteiger partial charge on any atom is 0.303 e. The highest BCUT2D eigenvalue weighted by molar-refractivity contribution is 5.82. The van der Waals surface area contributed by atoms with Gasteiger partial charge >= 0.3 is 5.97 Å². The van der Waals surface area contributed by atoms with E-state index in [1.165, 1.54) is 22.2 Å². The average molecular weight is 273 g/mol. The van der Waals surface area contributed by atoms with Crippen molar-refractivity contribution in [3.8, 4) is 0 Å². The SMILES string of the molecule is CCc1ccc2c(c1)cc(C)n2CCCCCC(=O)O. The largest absolute Gasteiger partial charge is 0.481 e. The summed E-state index contributed by atoms with van der Waals surface area (Å²) in [5.74, 6) is -0.695. The molecule has 0 aliphatic carbocycles. The Kier molecular flexibility index (Phi) is 4.83. The van der Waals surface area contributed by atoms with Gasteiger partial charge in [-0.05, 0) is 49.9 Å². The second kappa shape index (κ2) is 6.60. The van der Waals surface area contributed by atoms with Gasteiger partial charge in [0.1, 0.15) is 0 Å². The number of benzene rings is 1. The monoisotopic (exact) mass is 273 g/mol. The molecule has 1 aromatic heterocycles. The Hall–Kier alpha value is -1.77. The Balaban J connectivity index is 2.02. The Bertz CT molecular complexity index is 598. The number of aromatic nitrogens is 1. The van der Waals surface area contributed by atoms with Crippen molar-refractivity contribution in [2.24, 2.45) is 0 Å². The predicted molar refractivity (Wildman–Crippen MR) is 82.2 cm³/mol. The van der Waals surface area contributed by atoms with Gasteiger partial charge in [-0.15, -0.1) is 0 Å². The number of carbonyl (C=O) groups is 1. The Labute approximate surface area is 120 Å². The van der Waals surface area contributed by atoms with Gasteiger partial charge in [0.25, 0.3) is 0 Å². The van der Waals surface area contributed by atoms with E-state index < -0.39 is 5.97 Å². The number of nitrogens with zero attached hydrogens (tertiary/aromatic N) is 1. The van der Waals surface area contributed by atoms with Gasteiger partial charge in [0.15, 0.2) is 0 Å². The van der Waals surface area contributed by atoms with Crippen LogP contribution in [0.4, 0.5) is 0 Å². The molecule has 0 amide bonds. The van der Waals surface area contributed by atoms with Gasteiger partial charge in [-0.25, -0.2) is 0 Å². The molecule has 2 rings (SSSR count). The summed E-state index contributed by atoms with van der Waals surface area (Å²) in [6.07, 6.45) is 4.13. The molecule has 0 fully saturated rings. The molecule has 0 aliphatic rings. The standard InChI is InChI=1S/C17H23NO2/c1-3-14-8-9-16-15(12-14)11-13(2)18(16)10-6-4-5-7-17(19)20/h8-9,11-12H,3-7,10H2,1-2H3,(H,19,20). The lowest BCUT2D eigenvalue weighted by atomic mass is 10.1. The van der Waals surface area contributed by atoms with Gasteiger partial charge in [0.05, 0.1) is 0 Å². The molecule has 0 unspecified atom stereocenters. The number of carboxylic acids is 1. The molecule has 0 saturated carbocycles. The van der Waals surface area contributed by atoms with Crippen LogP contribution in [0, 0.1) is 6.92 Å². The quantitative estimate of drug-likeness (QED) is 0.770. The minimum absolute atomic E-state index is 0.283. The van der Waals surface area contributed by atoms with Gasteiger partial charge < -0.3 is 9.67 Å². The summed E-state index contributed by atoms with van der Waals surface area (Å²) in [6, 6.07) is 8.91. The number of aryl methyl sites for hydroxylation is 3. The number of aliphatic carboxylic acids is 1. The van der Waals surface area contributed by atoms with Crippen LogP contribution >= 0.6 is 0 Å². The second-order valence-corrected chi connectivity index (χ2v) is 5.39. The third kappa shape index (κ3) is 3.41. The highest BCUT2D eigenvalue weighted by Crippen LogP contribution is 2.22. The molecule has 0 atom stereocenters. The first-order chi connectivity index (χ1) is 9.61. The fourth-order valence-corrected chi connectivity index (χ4v) is 2.70. The van der Waals surface area contributed by atoms with Gasteiger partial charge in [-0.1, -0.05) is 19.4 Å². The van der Waals surface area contributed by atoms with Crippen LogP contribution in [0.3, 0.4) is 0 Å². The maximum absolute atomic E-state index is 10.5. The Morgan fingerprint density at radius 2 is 2.00 bits per heavy atom. The second-order valence-electron chi connectivity index (χ2n) is 5.39. The third-order valence-corrected chi connectivity index (χ3v) is 3.85. The van der Waals surface area contributed by atoms with Crippen molar-refractivity contribution < 1.29 is 9.90 Å². The molecular weight excluding hydrogens is 250 g/mol. The molecule has 0 bridgehead atoms. The zero-order valence-corrected chi connectivity index (χ0v) is 12.4. The molecule has 3 nitrogen and oxygen atoms in total. The summed E-state index contributed by atoms with van der Waals surface area (Å²) in [7, 11) is 0. The van der Waals surface area contributed by atoms with Crippen LogP contribution in [0.1, 0.15) is 43.9 Å². The van der Waals surface area contributed by atoms with Crippen molar-refractivity contribution in [3.05, 3.63) is 35.5 Å². The highest BCUT2D eigenvalue weighted by atomic mass is 16.4. The van der Waals surface area contributed by atoms with Crippen LogP contribution in [0.25, 0.3) is 10.9 Å². The normalized spacial score (nSPS) is 11.1. The van der Waals surface area contributed by atoms with E-state index in [1.54, 1.807) is 0 Å². The lowest BCUT2D eigenvalue weighted by molar-refractivity contribution is -0.137. The number of carboxylic acid groups (broad SMARTS) is 1. The molecule has 20 heavy (non-hydrogen) atoms. The van der Waals surface area contributed by atoms with E-state index in [9.17, 15) is 4.79 Å². The molecule has 1 aromatic carbocycles. The summed E-state index contributed by atoms with van der Waals surface area (Å²) >= 11 is 0. The van der Waals surface area contributed by atoms with Gasteiger partial charge in [-0.3, -0.25) is 4.79 Å². The van der Waals surface area contributed by atoms with Crippen molar-refractivity contribution >= 4 is 16.9 Å². The number of rotatable bonds is 7. The van der Waals surface area contributed by atoms with Crippen LogP contribution < -0.4 is 0 Å². The van der Waals surface area contributed by atoms with E-state index in [0.717, 1.165) is 32.2 Å². The van der Waals surface area contributed by atoms with Gasteiger partial charge in [0, 0.05) is 29.6 Å². The Morgan fingerprint density at radius 3 is 2.70 bits per heavy atom. The first-order valence-corrected chi connectivity index (χ1v) is 7.42. The van der Waals surface area contributed by atoms with Crippen LogP contribution in [-0.4, -0.2) is 15.6 Å². The minimum Gasteiger partial charge on any atom is -0.481 e. The van der Waals surface area contributed by atoms with E-state index in [1.807, 2.05) is 0 Å². The lowest BCUT2D eigenvalue weighted by Gasteiger charge is -2.08. The highest BCUT2D eigenvalue weighted by Gasteiger charge is 2.06. The maximum atomic E-state index is 10.5. The fourth-order valence-electron chi connectivity index (χ4n) is 2.70. The summed E-state index contributed by atoms with van der Waals surface area (Å²) in [5.41, 5.74) is 3.94. The molecule has 3 heteroatoms. The molecule has 0 spiro atoms. The molecule has 108 valence electrons. The molecule has 1 heterocycles. The van der Waals surface area contributed by atoms with Crippen molar-refractivity contribution in [2.45, 2.75) is 52.5 Å². The molecule has 1 N–H and O–H groups in total. The van der Waals surface area contributed by atoms with E-state index in [2.05, 4.69) is 42.7 Å². The van der Waals surface area contributed by atoms with Gasteiger partial charge in [-0.2, -0.15) is 0 Å². The zero-order chi connectivity index (χ0) is 14.5. The van der Waals surface area contributed by atoms with Crippen molar-refractivity contribution in [2.75, 3.05) is 0 Å². The van der Waals surface area contributed by atoms with Crippen LogP contribution in [0.2, 0.25) is 0 Å². The topological polar surface area (TPSA) is 42.2 Å². The number of fused-ring (bicyclic) bond motifs is 1. The van der Waals surface area contributed by atoms with E-state index in [-0.39, 0.29) is 6.42 Å². The third-order valence-electron chi connectivity index (χ3n) is 3.85. The Morgan fingerprint density at radius 1 is 1.20 bits per heavy atom. The minimum atomic E-state index is -0.695. The average Bonchev–Trinajstić information content (AvgIpc) is 2.73. The number of unbranched alkanes of at least 4 members (excludes halogenated alkanes) is 2. The van der Waals surface area contributed by atoms with Crippen molar-refractivity contribution in [1.82, 2.24) is 4.57 Å². The summed E-state index contributed by atoms with van der Waals surface area (Å²) in [6.45, 7) is 5.29. The van der Waals surface area contributed by atoms with Crippen molar-refractivity contribution in [3.63, 3.8) is 0 Å². The number of hydrogen-bond donors (Lipinski definition) is 1. The summed E-state index contributed by atoms with van der Waals surface area (Å²) in [4.78, 5) is 10.5. The summed E-state index contributed by atoms with van der Waals surface area (Å²) < 4.78 is 2.34. The molecule has 2 aromatic rings.